The maximum Gasteiger partial charge on any atom is 0.0612 e. The molecule has 0 aromatic heterocycles. The summed E-state index contributed by atoms with van der Waals surface area (Å²) in [6.45, 7) is 16.0. The lowest BCUT2D eigenvalue weighted by Gasteiger charge is -2.34. The molecule has 2 heteroatoms. The van der Waals surface area contributed by atoms with Gasteiger partial charge < -0.3 is 10.1 Å². The van der Waals surface area contributed by atoms with Crippen molar-refractivity contribution < 1.29 is 4.74 Å². The Bertz CT molecular complexity index is 217. The lowest BCUT2D eigenvalue weighted by Crippen LogP contribution is -2.43. The van der Waals surface area contributed by atoms with E-state index >= 15 is 0 Å². The highest BCUT2D eigenvalue weighted by atomic mass is 16.5. The van der Waals surface area contributed by atoms with Crippen LogP contribution in [0, 0.1) is 23.7 Å². The van der Waals surface area contributed by atoms with Crippen LogP contribution in [0.2, 0.25) is 0 Å². The van der Waals surface area contributed by atoms with E-state index in [0.717, 1.165) is 30.9 Å². The zero-order valence-corrected chi connectivity index (χ0v) is 13.2. The van der Waals surface area contributed by atoms with Crippen LogP contribution in [-0.2, 0) is 4.74 Å². The zero-order valence-electron chi connectivity index (χ0n) is 13.2. The standard InChI is InChI=1S/C16H33NO/c1-11(2)15(12(3)4)10-17-14-7-8-18-16(9-14)13(5)6/h11-17H,7-10H2,1-6H3. The molecule has 0 spiro atoms. The van der Waals surface area contributed by atoms with Crippen molar-refractivity contribution in [3.05, 3.63) is 0 Å². The molecule has 0 amide bonds. The van der Waals surface area contributed by atoms with Gasteiger partial charge in [-0.1, -0.05) is 41.5 Å². The lowest BCUT2D eigenvalue weighted by atomic mass is 9.85. The number of nitrogens with one attached hydrogen (secondary N) is 1. The lowest BCUT2D eigenvalue weighted by molar-refractivity contribution is -0.0252. The number of hydrogen-bond donors (Lipinski definition) is 1. The fraction of sp³-hybridized carbons (Fsp3) is 1.00. The van der Waals surface area contributed by atoms with Crippen LogP contribution < -0.4 is 5.32 Å². The highest BCUT2D eigenvalue weighted by Gasteiger charge is 2.26. The zero-order chi connectivity index (χ0) is 13.7. The van der Waals surface area contributed by atoms with Crippen molar-refractivity contribution >= 4 is 0 Å². The normalized spacial score (nSPS) is 25.7. The van der Waals surface area contributed by atoms with E-state index in [2.05, 4.69) is 46.9 Å². The Kier molecular flexibility index (Phi) is 6.65. The molecule has 0 bridgehead atoms. The van der Waals surface area contributed by atoms with Gasteiger partial charge in [0, 0.05) is 12.6 Å². The molecule has 1 heterocycles. The molecule has 2 atom stereocenters. The summed E-state index contributed by atoms with van der Waals surface area (Å²) in [5, 5.41) is 3.79. The molecule has 1 aliphatic heterocycles. The summed E-state index contributed by atoms with van der Waals surface area (Å²) in [5.41, 5.74) is 0. The molecule has 108 valence electrons. The molecular formula is C16H33NO. The maximum atomic E-state index is 5.83. The molecule has 1 rings (SSSR count). The first kappa shape index (κ1) is 16.0. The maximum absolute atomic E-state index is 5.83. The summed E-state index contributed by atoms with van der Waals surface area (Å²) >= 11 is 0. The summed E-state index contributed by atoms with van der Waals surface area (Å²) in [6, 6.07) is 0.658. The highest BCUT2D eigenvalue weighted by molar-refractivity contribution is 4.80. The monoisotopic (exact) mass is 255 g/mol. The van der Waals surface area contributed by atoms with Crippen LogP contribution in [0.5, 0.6) is 0 Å². The summed E-state index contributed by atoms with van der Waals surface area (Å²) in [4.78, 5) is 0. The van der Waals surface area contributed by atoms with Gasteiger partial charge in [-0.15, -0.1) is 0 Å². The van der Waals surface area contributed by atoms with Crippen molar-refractivity contribution in [1.29, 1.82) is 0 Å². The number of hydrogen-bond acceptors (Lipinski definition) is 2. The van der Waals surface area contributed by atoms with E-state index in [0.29, 0.717) is 18.1 Å². The fourth-order valence-corrected chi connectivity index (χ4v) is 3.02. The average molecular weight is 255 g/mol. The smallest absolute Gasteiger partial charge is 0.0612 e. The van der Waals surface area contributed by atoms with Crippen LogP contribution in [0.4, 0.5) is 0 Å². The van der Waals surface area contributed by atoms with Crippen LogP contribution in [-0.4, -0.2) is 25.3 Å². The molecule has 1 saturated heterocycles. The fourth-order valence-electron chi connectivity index (χ4n) is 3.02. The van der Waals surface area contributed by atoms with Gasteiger partial charge in [0.1, 0.15) is 0 Å². The first-order valence-electron chi connectivity index (χ1n) is 7.76. The van der Waals surface area contributed by atoms with Crippen molar-refractivity contribution in [1.82, 2.24) is 5.32 Å². The third-order valence-electron chi connectivity index (χ3n) is 4.41. The number of ether oxygens (including phenoxy) is 1. The molecule has 0 aliphatic carbocycles. The van der Waals surface area contributed by atoms with Gasteiger partial charge in [-0.25, -0.2) is 0 Å². The third kappa shape index (κ3) is 4.89. The van der Waals surface area contributed by atoms with E-state index in [1.165, 1.54) is 12.8 Å². The van der Waals surface area contributed by atoms with Crippen molar-refractivity contribution in [2.24, 2.45) is 23.7 Å². The summed E-state index contributed by atoms with van der Waals surface area (Å²) in [7, 11) is 0. The molecule has 2 nitrogen and oxygen atoms in total. The van der Waals surface area contributed by atoms with Gasteiger partial charge in [0.25, 0.3) is 0 Å². The molecule has 2 unspecified atom stereocenters. The Balaban J connectivity index is 2.38. The highest BCUT2D eigenvalue weighted by Crippen LogP contribution is 2.23. The van der Waals surface area contributed by atoms with Crippen LogP contribution in [0.25, 0.3) is 0 Å². The Morgan fingerprint density at radius 3 is 2.17 bits per heavy atom. The van der Waals surface area contributed by atoms with E-state index in [-0.39, 0.29) is 0 Å². The third-order valence-corrected chi connectivity index (χ3v) is 4.41. The van der Waals surface area contributed by atoms with Crippen molar-refractivity contribution in [3.8, 4) is 0 Å². The minimum atomic E-state index is 0.452. The molecule has 1 N–H and O–H groups in total. The molecule has 0 saturated carbocycles. The van der Waals surface area contributed by atoms with Crippen molar-refractivity contribution in [2.75, 3.05) is 13.2 Å². The second-order valence-electron chi connectivity index (χ2n) is 6.93. The molecule has 0 aromatic rings. The molecule has 1 fully saturated rings. The van der Waals surface area contributed by atoms with Gasteiger partial charge in [-0.3, -0.25) is 0 Å². The van der Waals surface area contributed by atoms with E-state index < -0.39 is 0 Å². The second-order valence-corrected chi connectivity index (χ2v) is 6.93. The van der Waals surface area contributed by atoms with Gasteiger partial charge in [-0.2, -0.15) is 0 Å². The van der Waals surface area contributed by atoms with Crippen LogP contribution >= 0.6 is 0 Å². The van der Waals surface area contributed by atoms with Gasteiger partial charge in [0.2, 0.25) is 0 Å². The predicted molar refractivity (Wildman–Crippen MR) is 78.8 cm³/mol. The predicted octanol–water partition coefficient (Wildman–Crippen LogP) is 3.71. The van der Waals surface area contributed by atoms with E-state index in [1.54, 1.807) is 0 Å². The molecular weight excluding hydrogens is 222 g/mol. The summed E-state index contributed by atoms with van der Waals surface area (Å²) in [6.07, 6.45) is 2.81. The van der Waals surface area contributed by atoms with Gasteiger partial charge >= 0.3 is 0 Å². The minimum Gasteiger partial charge on any atom is -0.378 e. The summed E-state index contributed by atoms with van der Waals surface area (Å²) in [5.74, 6) is 2.95. The SMILES string of the molecule is CC(C)C1CC(NCC(C(C)C)C(C)C)CCO1. The van der Waals surface area contributed by atoms with E-state index in [4.69, 9.17) is 4.74 Å². The van der Waals surface area contributed by atoms with Gasteiger partial charge in [-0.05, 0) is 43.1 Å². The van der Waals surface area contributed by atoms with Crippen LogP contribution in [0.3, 0.4) is 0 Å². The van der Waals surface area contributed by atoms with Crippen LogP contribution in [0.1, 0.15) is 54.4 Å². The van der Waals surface area contributed by atoms with Gasteiger partial charge in [0.15, 0.2) is 0 Å². The van der Waals surface area contributed by atoms with Crippen molar-refractivity contribution in [2.45, 2.75) is 66.5 Å². The minimum absolute atomic E-state index is 0.452. The van der Waals surface area contributed by atoms with E-state index in [9.17, 15) is 0 Å². The molecule has 0 aromatic carbocycles. The first-order valence-corrected chi connectivity index (χ1v) is 7.76. The van der Waals surface area contributed by atoms with Crippen molar-refractivity contribution in [3.63, 3.8) is 0 Å². The Labute approximate surface area is 114 Å². The largest absolute Gasteiger partial charge is 0.378 e. The average Bonchev–Trinajstić information content (AvgIpc) is 2.28. The molecule has 0 radical (unpaired) electrons. The first-order chi connectivity index (χ1) is 8.41. The topological polar surface area (TPSA) is 21.3 Å². The molecule has 1 aliphatic rings. The summed E-state index contributed by atoms with van der Waals surface area (Å²) < 4.78 is 5.83. The molecule has 18 heavy (non-hydrogen) atoms. The van der Waals surface area contributed by atoms with E-state index in [1.807, 2.05) is 0 Å². The number of rotatable bonds is 6. The quantitative estimate of drug-likeness (QED) is 0.781. The van der Waals surface area contributed by atoms with Gasteiger partial charge in [0.05, 0.1) is 6.10 Å². The second kappa shape index (κ2) is 7.49. The Morgan fingerprint density at radius 2 is 1.67 bits per heavy atom. The van der Waals surface area contributed by atoms with Crippen LogP contribution in [0.15, 0.2) is 0 Å². The Hall–Kier alpha value is -0.0800. The Morgan fingerprint density at radius 1 is 1.06 bits per heavy atom.